The molecule has 0 radical (unpaired) electrons. The largest absolute Gasteiger partial charge is 0.481 e. The molecule has 0 aromatic heterocycles. The lowest BCUT2D eigenvalue weighted by molar-refractivity contribution is -0.136. The van der Waals surface area contributed by atoms with Crippen molar-refractivity contribution in [2.24, 2.45) is 11.7 Å². The Morgan fingerprint density at radius 2 is 2.25 bits per heavy atom. The number of carboxylic acid groups (broad SMARTS) is 1. The minimum Gasteiger partial charge on any atom is -0.481 e. The summed E-state index contributed by atoms with van der Waals surface area (Å²) >= 11 is 0. The summed E-state index contributed by atoms with van der Waals surface area (Å²) in [5, 5.41) is 11.6. The number of carboxylic acids is 1. The topological polar surface area (TPSA) is 95.7 Å². The number of carbonyl (C=O) groups is 2. The van der Waals surface area contributed by atoms with Crippen molar-refractivity contribution in [3.8, 4) is 0 Å². The van der Waals surface area contributed by atoms with Gasteiger partial charge in [0, 0.05) is 18.8 Å². The lowest BCUT2D eigenvalue weighted by atomic mass is 10.1. The van der Waals surface area contributed by atoms with E-state index >= 15 is 0 Å². The van der Waals surface area contributed by atoms with E-state index in [1.54, 1.807) is 29.2 Å². The molecule has 6 nitrogen and oxygen atoms in total. The Bertz CT molecular complexity index is 504. The highest BCUT2D eigenvalue weighted by Crippen LogP contribution is 2.17. The fraction of sp³-hybridized carbons (Fsp3) is 0.429. The first-order valence-electron chi connectivity index (χ1n) is 6.65. The van der Waals surface area contributed by atoms with Gasteiger partial charge in [-0.05, 0) is 36.6 Å². The van der Waals surface area contributed by atoms with E-state index in [0.717, 1.165) is 6.42 Å². The number of nitrogens with two attached hydrogens (primary N) is 1. The highest BCUT2D eigenvalue weighted by molar-refractivity contribution is 5.89. The van der Waals surface area contributed by atoms with Crippen LogP contribution in [0.15, 0.2) is 24.3 Å². The molecule has 2 amide bonds. The van der Waals surface area contributed by atoms with Crippen LogP contribution in [0.5, 0.6) is 0 Å². The lowest BCUT2D eigenvalue weighted by Crippen LogP contribution is -2.33. The van der Waals surface area contributed by atoms with E-state index in [2.05, 4.69) is 5.32 Å². The van der Waals surface area contributed by atoms with Crippen LogP contribution in [0.1, 0.15) is 12.0 Å². The Hall–Kier alpha value is -2.08. The molecular formula is C14H19N3O3. The number of aliphatic carboxylic acids is 1. The van der Waals surface area contributed by atoms with Crippen LogP contribution in [0.4, 0.5) is 10.5 Å². The van der Waals surface area contributed by atoms with Crippen molar-refractivity contribution >= 4 is 17.7 Å². The van der Waals surface area contributed by atoms with Crippen LogP contribution >= 0.6 is 0 Å². The SMILES string of the molecule is NCC1CCN(C(=O)Nc2cccc(CC(=O)O)c2)C1. The molecule has 108 valence electrons. The van der Waals surface area contributed by atoms with Gasteiger partial charge in [0.05, 0.1) is 6.42 Å². The van der Waals surface area contributed by atoms with Gasteiger partial charge in [-0.25, -0.2) is 4.79 Å². The zero-order valence-electron chi connectivity index (χ0n) is 11.2. The number of amides is 2. The van der Waals surface area contributed by atoms with Gasteiger partial charge in [-0.2, -0.15) is 0 Å². The Labute approximate surface area is 117 Å². The first-order valence-corrected chi connectivity index (χ1v) is 6.65. The number of hydrogen-bond donors (Lipinski definition) is 3. The molecular weight excluding hydrogens is 258 g/mol. The monoisotopic (exact) mass is 277 g/mol. The van der Waals surface area contributed by atoms with Crippen molar-refractivity contribution in [1.82, 2.24) is 4.90 Å². The van der Waals surface area contributed by atoms with Gasteiger partial charge in [-0.1, -0.05) is 12.1 Å². The number of benzene rings is 1. The molecule has 1 aromatic rings. The minimum absolute atomic E-state index is 0.0529. The summed E-state index contributed by atoms with van der Waals surface area (Å²) in [5.74, 6) is -0.516. The fourth-order valence-electron chi connectivity index (χ4n) is 2.35. The molecule has 1 unspecified atom stereocenters. The summed E-state index contributed by atoms with van der Waals surface area (Å²) in [6.45, 7) is 1.98. The highest BCUT2D eigenvalue weighted by atomic mass is 16.4. The zero-order chi connectivity index (χ0) is 14.5. The van der Waals surface area contributed by atoms with Gasteiger partial charge in [0.1, 0.15) is 0 Å². The van der Waals surface area contributed by atoms with Crippen LogP contribution in [0.3, 0.4) is 0 Å². The molecule has 6 heteroatoms. The maximum atomic E-state index is 12.1. The first kappa shape index (κ1) is 14.3. The Morgan fingerprint density at radius 1 is 1.45 bits per heavy atom. The molecule has 2 rings (SSSR count). The summed E-state index contributed by atoms with van der Waals surface area (Å²) in [4.78, 5) is 24.5. The molecule has 1 saturated heterocycles. The maximum Gasteiger partial charge on any atom is 0.321 e. The number of nitrogens with one attached hydrogen (secondary N) is 1. The third kappa shape index (κ3) is 3.71. The maximum absolute atomic E-state index is 12.1. The van der Waals surface area contributed by atoms with E-state index in [4.69, 9.17) is 10.8 Å². The van der Waals surface area contributed by atoms with E-state index in [1.165, 1.54) is 0 Å². The molecule has 1 fully saturated rings. The van der Waals surface area contributed by atoms with Gasteiger partial charge in [-0.15, -0.1) is 0 Å². The van der Waals surface area contributed by atoms with E-state index < -0.39 is 5.97 Å². The van der Waals surface area contributed by atoms with Gasteiger partial charge >= 0.3 is 12.0 Å². The van der Waals surface area contributed by atoms with Crippen LogP contribution in [0.2, 0.25) is 0 Å². The average Bonchev–Trinajstić information content (AvgIpc) is 2.87. The predicted octanol–water partition coefficient (Wildman–Crippen LogP) is 1.13. The molecule has 0 spiro atoms. The summed E-state index contributed by atoms with van der Waals surface area (Å²) in [7, 11) is 0. The standard InChI is InChI=1S/C14H19N3O3/c15-8-11-4-5-17(9-11)14(20)16-12-3-1-2-10(6-12)7-13(18)19/h1-3,6,11H,4-5,7-9,15H2,(H,16,20)(H,18,19). The van der Waals surface area contributed by atoms with Crippen molar-refractivity contribution in [2.75, 3.05) is 25.0 Å². The third-order valence-electron chi connectivity index (χ3n) is 3.44. The molecule has 1 heterocycles. The Balaban J connectivity index is 1.96. The van der Waals surface area contributed by atoms with E-state index in [1.807, 2.05) is 0 Å². The smallest absolute Gasteiger partial charge is 0.321 e. The van der Waals surface area contributed by atoms with Crippen molar-refractivity contribution in [2.45, 2.75) is 12.8 Å². The first-order chi connectivity index (χ1) is 9.58. The van der Waals surface area contributed by atoms with Crippen molar-refractivity contribution in [1.29, 1.82) is 0 Å². The molecule has 4 N–H and O–H groups in total. The van der Waals surface area contributed by atoms with Crippen molar-refractivity contribution in [3.63, 3.8) is 0 Å². The highest BCUT2D eigenvalue weighted by Gasteiger charge is 2.25. The van der Waals surface area contributed by atoms with E-state index in [-0.39, 0.29) is 12.5 Å². The molecule has 0 bridgehead atoms. The normalized spacial score (nSPS) is 18.1. The van der Waals surface area contributed by atoms with Gasteiger partial charge in [-0.3, -0.25) is 4.79 Å². The van der Waals surface area contributed by atoms with Gasteiger partial charge in [0.25, 0.3) is 0 Å². The molecule has 1 aliphatic rings. The molecule has 20 heavy (non-hydrogen) atoms. The zero-order valence-corrected chi connectivity index (χ0v) is 11.2. The van der Waals surface area contributed by atoms with Gasteiger partial charge < -0.3 is 21.1 Å². The summed E-state index contributed by atoms with van der Waals surface area (Å²) in [5.41, 5.74) is 6.88. The van der Waals surface area contributed by atoms with Crippen LogP contribution in [-0.4, -0.2) is 41.6 Å². The van der Waals surface area contributed by atoms with Crippen LogP contribution in [0, 0.1) is 5.92 Å². The molecule has 0 saturated carbocycles. The Morgan fingerprint density at radius 3 is 2.90 bits per heavy atom. The molecule has 1 aliphatic heterocycles. The van der Waals surface area contributed by atoms with E-state index in [9.17, 15) is 9.59 Å². The Kier molecular flexibility index (Phi) is 4.57. The summed E-state index contributed by atoms with van der Waals surface area (Å²) < 4.78 is 0. The molecule has 1 atom stereocenters. The van der Waals surface area contributed by atoms with Gasteiger partial charge in [0.15, 0.2) is 0 Å². The minimum atomic E-state index is -0.890. The molecule has 0 aliphatic carbocycles. The van der Waals surface area contributed by atoms with Crippen LogP contribution in [-0.2, 0) is 11.2 Å². The molecule has 1 aromatic carbocycles. The second-order valence-electron chi connectivity index (χ2n) is 5.04. The number of rotatable bonds is 4. The summed E-state index contributed by atoms with van der Waals surface area (Å²) in [6, 6.07) is 6.74. The average molecular weight is 277 g/mol. The fourth-order valence-corrected chi connectivity index (χ4v) is 2.35. The number of urea groups is 1. The lowest BCUT2D eigenvalue weighted by Gasteiger charge is -2.17. The van der Waals surface area contributed by atoms with Gasteiger partial charge in [0.2, 0.25) is 0 Å². The van der Waals surface area contributed by atoms with Crippen molar-refractivity contribution < 1.29 is 14.7 Å². The number of hydrogen-bond acceptors (Lipinski definition) is 3. The predicted molar refractivity (Wildman–Crippen MR) is 75.5 cm³/mol. The summed E-state index contributed by atoms with van der Waals surface area (Å²) in [6.07, 6.45) is 0.881. The number of carbonyl (C=O) groups excluding carboxylic acids is 1. The number of anilines is 1. The number of likely N-dealkylation sites (tertiary alicyclic amines) is 1. The third-order valence-corrected chi connectivity index (χ3v) is 3.44. The van der Waals surface area contributed by atoms with Crippen molar-refractivity contribution in [3.05, 3.63) is 29.8 Å². The van der Waals surface area contributed by atoms with Crippen LogP contribution < -0.4 is 11.1 Å². The second-order valence-corrected chi connectivity index (χ2v) is 5.04. The second kappa shape index (κ2) is 6.38. The van der Waals surface area contributed by atoms with E-state index in [0.29, 0.717) is 36.8 Å². The quantitative estimate of drug-likeness (QED) is 0.768. The van der Waals surface area contributed by atoms with Crippen LogP contribution in [0.25, 0.3) is 0 Å². The number of nitrogens with zero attached hydrogens (tertiary/aromatic N) is 1.